The van der Waals surface area contributed by atoms with E-state index in [0.29, 0.717) is 29.2 Å². The van der Waals surface area contributed by atoms with E-state index in [1.54, 1.807) is 59.4 Å². The highest BCUT2D eigenvalue weighted by molar-refractivity contribution is 6.06. The number of hydrogen-bond acceptors (Lipinski definition) is 3. The number of carbonyl (C=O) groups is 2. The summed E-state index contributed by atoms with van der Waals surface area (Å²) in [6, 6.07) is 16.5. The zero-order chi connectivity index (χ0) is 20.4. The SMILES string of the molecule is CC(=O)Nc1ccc(NC(=O)c2cc3occc3n2Cc2cccc(F)c2)cc1. The number of anilines is 2. The molecule has 4 aromatic rings. The Morgan fingerprint density at radius 3 is 2.41 bits per heavy atom. The van der Waals surface area contributed by atoms with Crippen molar-refractivity contribution < 1.29 is 18.4 Å². The second-order valence-corrected chi connectivity index (χ2v) is 6.63. The molecule has 0 saturated heterocycles. The zero-order valence-electron chi connectivity index (χ0n) is 15.6. The highest BCUT2D eigenvalue weighted by Gasteiger charge is 2.18. The van der Waals surface area contributed by atoms with Crippen LogP contribution in [0, 0.1) is 5.82 Å². The van der Waals surface area contributed by atoms with Crippen LogP contribution in [-0.2, 0) is 11.3 Å². The largest absolute Gasteiger partial charge is 0.463 e. The number of nitrogens with one attached hydrogen (secondary N) is 2. The van der Waals surface area contributed by atoms with Gasteiger partial charge < -0.3 is 19.6 Å². The van der Waals surface area contributed by atoms with Crippen molar-refractivity contribution in [2.24, 2.45) is 0 Å². The Bertz CT molecular complexity index is 1190. The Labute approximate surface area is 165 Å². The second kappa shape index (κ2) is 7.63. The van der Waals surface area contributed by atoms with Crippen molar-refractivity contribution in [3.8, 4) is 0 Å². The highest BCUT2D eigenvalue weighted by Crippen LogP contribution is 2.24. The fraction of sp³-hybridized carbons (Fsp3) is 0.0909. The van der Waals surface area contributed by atoms with E-state index < -0.39 is 0 Å². The number of furan rings is 1. The first-order valence-electron chi connectivity index (χ1n) is 9.00. The van der Waals surface area contributed by atoms with Crippen molar-refractivity contribution in [3.63, 3.8) is 0 Å². The molecule has 2 aromatic carbocycles. The van der Waals surface area contributed by atoms with E-state index in [-0.39, 0.29) is 17.6 Å². The van der Waals surface area contributed by atoms with Gasteiger partial charge in [0, 0.05) is 37.0 Å². The fourth-order valence-corrected chi connectivity index (χ4v) is 3.19. The molecule has 0 aliphatic rings. The van der Waals surface area contributed by atoms with Gasteiger partial charge >= 0.3 is 0 Å². The van der Waals surface area contributed by atoms with E-state index in [1.807, 2.05) is 0 Å². The maximum Gasteiger partial charge on any atom is 0.272 e. The molecular formula is C22H18FN3O3. The van der Waals surface area contributed by atoms with Crippen LogP contribution in [0.15, 0.2) is 71.3 Å². The van der Waals surface area contributed by atoms with Gasteiger partial charge in [-0.15, -0.1) is 0 Å². The molecule has 0 atom stereocenters. The predicted molar refractivity (Wildman–Crippen MR) is 108 cm³/mol. The highest BCUT2D eigenvalue weighted by atomic mass is 19.1. The Balaban J connectivity index is 1.60. The van der Waals surface area contributed by atoms with Crippen LogP contribution < -0.4 is 10.6 Å². The van der Waals surface area contributed by atoms with Crippen LogP contribution in [0.4, 0.5) is 15.8 Å². The van der Waals surface area contributed by atoms with Crippen molar-refractivity contribution in [2.45, 2.75) is 13.5 Å². The van der Waals surface area contributed by atoms with Crippen LogP contribution in [0.5, 0.6) is 0 Å². The van der Waals surface area contributed by atoms with E-state index >= 15 is 0 Å². The minimum absolute atomic E-state index is 0.167. The lowest BCUT2D eigenvalue weighted by Crippen LogP contribution is -2.17. The maximum atomic E-state index is 13.6. The molecule has 29 heavy (non-hydrogen) atoms. The molecule has 6 nitrogen and oxygen atoms in total. The molecule has 0 fully saturated rings. The smallest absolute Gasteiger partial charge is 0.272 e. The van der Waals surface area contributed by atoms with Gasteiger partial charge in [-0.3, -0.25) is 9.59 Å². The quantitative estimate of drug-likeness (QED) is 0.521. The van der Waals surface area contributed by atoms with Crippen molar-refractivity contribution in [1.82, 2.24) is 4.57 Å². The number of hydrogen-bond donors (Lipinski definition) is 2. The Morgan fingerprint density at radius 1 is 1.00 bits per heavy atom. The minimum Gasteiger partial charge on any atom is -0.463 e. The molecule has 0 bridgehead atoms. The molecule has 0 saturated carbocycles. The first kappa shape index (κ1) is 18.5. The Morgan fingerprint density at radius 2 is 1.72 bits per heavy atom. The van der Waals surface area contributed by atoms with Gasteiger partial charge in [0.05, 0.1) is 11.8 Å². The summed E-state index contributed by atoms with van der Waals surface area (Å²) in [5.74, 6) is -0.817. The molecule has 2 aromatic heterocycles. The number of amides is 2. The number of carbonyl (C=O) groups excluding carboxylic acids is 2. The number of halogens is 1. The van der Waals surface area contributed by atoms with Crippen LogP contribution in [-0.4, -0.2) is 16.4 Å². The summed E-state index contributed by atoms with van der Waals surface area (Å²) in [6.45, 7) is 1.75. The van der Waals surface area contributed by atoms with Crippen LogP contribution in [0.25, 0.3) is 11.1 Å². The lowest BCUT2D eigenvalue weighted by molar-refractivity contribution is -0.114. The average Bonchev–Trinajstić information content (AvgIpc) is 3.26. The molecule has 4 rings (SSSR count). The molecule has 146 valence electrons. The number of nitrogens with zero attached hydrogens (tertiary/aromatic N) is 1. The minimum atomic E-state index is -0.330. The van der Waals surface area contributed by atoms with E-state index in [2.05, 4.69) is 10.6 Å². The van der Waals surface area contributed by atoms with Crippen LogP contribution in [0.2, 0.25) is 0 Å². The normalized spacial score (nSPS) is 10.8. The number of rotatable bonds is 5. The molecule has 7 heteroatoms. The lowest BCUT2D eigenvalue weighted by Gasteiger charge is -2.11. The van der Waals surface area contributed by atoms with Crippen molar-refractivity contribution >= 4 is 34.3 Å². The number of fused-ring (bicyclic) bond motifs is 1. The standard InChI is InChI=1S/C22H18FN3O3/c1-14(27)24-17-5-7-18(8-6-17)25-22(28)20-12-21-19(9-10-29-21)26(20)13-15-3-2-4-16(23)11-15/h2-12H,13H2,1H3,(H,24,27)(H,25,28). The summed E-state index contributed by atoms with van der Waals surface area (Å²) >= 11 is 0. The molecular weight excluding hydrogens is 373 g/mol. The number of benzene rings is 2. The molecule has 0 aliphatic carbocycles. The molecule has 2 amide bonds. The first-order valence-corrected chi connectivity index (χ1v) is 9.00. The summed E-state index contributed by atoms with van der Waals surface area (Å²) in [5, 5.41) is 5.51. The van der Waals surface area contributed by atoms with Crippen LogP contribution >= 0.6 is 0 Å². The van der Waals surface area contributed by atoms with Crippen LogP contribution in [0.3, 0.4) is 0 Å². The topological polar surface area (TPSA) is 76.3 Å². The fourth-order valence-electron chi connectivity index (χ4n) is 3.19. The second-order valence-electron chi connectivity index (χ2n) is 6.63. The van der Waals surface area contributed by atoms with Gasteiger partial charge in [0.25, 0.3) is 5.91 Å². The summed E-state index contributed by atoms with van der Waals surface area (Å²) in [4.78, 5) is 24.0. The summed E-state index contributed by atoms with van der Waals surface area (Å²) in [7, 11) is 0. The third-order valence-electron chi connectivity index (χ3n) is 4.45. The third kappa shape index (κ3) is 4.03. The van der Waals surface area contributed by atoms with E-state index in [9.17, 15) is 14.0 Å². The molecule has 0 unspecified atom stereocenters. The maximum absolute atomic E-state index is 13.6. The van der Waals surface area contributed by atoms with Crippen LogP contribution in [0.1, 0.15) is 23.0 Å². The van der Waals surface area contributed by atoms with Crippen molar-refractivity contribution in [2.75, 3.05) is 10.6 Å². The van der Waals surface area contributed by atoms with Crippen molar-refractivity contribution in [3.05, 3.63) is 84.0 Å². The van der Waals surface area contributed by atoms with E-state index in [4.69, 9.17) is 4.42 Å². The van der Waals surface area contributed by atoms with Gasteiger partial charge in [-0.1, -0.05) is 12.1 Å². The first-order chi connectivity index (χ1) is 14.0. The molecule has 2 N–H and O–H groups in total. The van der Waals surface area contributed by atoms with Gasteiger partial charge in [-0.25, -0.2) is 4.39 Å². The van der Waals surface area contributed by atoms with Gasteiger partial charge in [-0.05, 0) is 42.0 Å². The Kier molecular flexibility index (Phi) is 4.87. The third-order valence-corrected chi connectivity index (χ3v) is 4.45. The van der Waals surface area contributed by atoms with Crippen molar-refractivity contribution in [1.29, 1.82) is 0 Å². The zero-order valence-corrected chi connectivity index (χ0v) is 15.6. The average molecular weight is 391 g/mol. The van der Waals surface area contributed by atoms with E-state index in [0.717, 1.165) is 11.1 Å². The van der Waals surface area contributed by atoms with Gasteiger partial charge in [-0.2, -0.15) is 0 Å². The van der Waals surface area contributed by atoms with E-state index in [1.165, 1.54) is 19.1 Å². The summed E-state index contributed by atoms with van der Waals surface area (Å²) in [6.07, 6.45) is 1.55. The van der Waals surface area contributed by atoms with Gasteiger partial charge in [0.15, 0.2) is 5.58 Å². The van der Waals surface area contributed by atoms with Gasteiger partial charge in [0.2, 0.25) is 5.91 Å². The summed E-state index contributed by atoms with van der Waals surface area (Å²) in [5.41, 5.74) is 3.68. The lowest BCUT2D eigenvalue weighted by atomic mass is 10.2. The molecule has 2 heterocycles. The molecule has 0 spiro atoms. The monoisotopic (exact) mass is 391 g/mol. The Hall–Kier alpha value is -3.87. The predicted octanol–water partition coefficient (Wildman–Crippen LogP) is 4.63. The number of aromatic nitrogens is 1. The summed E-state index contributed by atoms with van der Waals surface area (Å²) < 4.78 is 20.8. The van der Waals surface area contributed by atoms with Gasteiger partial charge in [0.1, 0.15) is 11.5 Å². The molecule has 0 aliphatic heterocycles. The molecule has 0 radical (unpaired) electrons.